The summed E-state index contributed by atoms with van der Waals surface area (Å²) in [6, 6.07) is 25.3. The number of hydrogen-bond acceptors (Lipinski definition) is 2. The monoisotopic (exact) mass is 340 g/mol. The molecule has 0 fully saturated rings. The maximum absolute atomic E-state index is 12.1. The lowest BCUT2D eigenvalue weighted by molar-refractivity contribution is -0.114. The van der Waals surface area contributed by atoms with Gasteiger partial charge in [-0.15, -0.1) is 0 Å². The van der Waals surface area contributed by atoms with Gasteiger partial charge in [-0.05, 0) is 48.9 Å². The van der Waals surface area contributed by atoms with E-state index in [0.717, 1.165) is 28.1 Å². The highest BCUT2D eigenvalue weighted by Gasteiger charge is 2.04. The average Bonchev–Trinajstić information content (AvgIpc) is 2.68. The Morgan fingerprint density at radius 2 is 1.54 bits per heavy atom. The van der Waals surface area contributed by atoms with Crippen LogP contribution < -0.4 is 10.6 Å². The van der Waals surface area contributed by atoms with Crippen molar-refractivity contribution in [3.05, 3.63) is 95.6 Å². The highest BCUT2D eigenvalue weighted by molar-refractivity contribution is 5.94. The number of nitrogens with one attached hydrogen (secondary N) is 2. The Labute approximate surface area is 154 Å². The lowest BCUT2D eigenvalue weighted by Crippen LogP contribution is -2.22. The van der Waals surface area contributed by atoms with E-state index in [9.17, 15) is 4.79 Å². The van der Waals surface area contributed by atoms with E-state index in [1.54, 1.807) is 0 Å². The van der Waals surface area contributed by atoms with E-state index in [1.807, 2.05) is 85.8 Å². The first-order valence-corrected chi connectivity index (χ1v) is 8.47. The number of aryl methyl sites for hydroxylation is 1. The molecule has 3 aromatic carbocycles. The van der Waals surface area contributed by atoms with Gasteiger partial charge in [-0.1, -0.05) is 54.3 Å². The molecule has 0 atom stereocenters. The van der Waals surface area contributed by atoms with Crippen molar-refractivity contribution in [1.29, 1.82) is 0 Å². The fraction of sp³-hybridized carbons (Fsp3) is 0.0870. The van der Waals surface area contributed by atoms with Crippen LogP contribution in [0.2, 0.25) is 0 Å². The van der Waals surface area contributed by atoms with Gasteiger partial charge in [-0.25, -0.2) is 0 Å². The highest BCUT2D eigenvalue weighted by atomic mass is 16.1. The van der Waals surface area contributed by atoms with E-state index < -0.39 is 0 Å². The fourth-order valence-electron chi connectivity index (χ4n) is 2.46. The largest absolute Gasteiger partial charge is 0.376 e. The summed E-state index contributed by atoms with van der Waals surface area (Å²) in [5.74, 6) is 6.20. The predicted molar refractivity (Wildman–Crippen MR) is 107 cm³/mol. The van der Waals surface area contributed by atoms with Crippen LogP contribution in [0, 0.1) is 18.8 Å². The molecule has 0 bridgehead atoms. The minimum atomic E-state index is -0.0833. The Bertz CT molecular complexity index is 952. The normalized spacial score (nSPS) is 9.73. The molecule has 2 N–H and O–H groups in total. The zero-order valence-corrected chi connectivity index (χ0v) is 14.6. The Morgan fingerprint density at radius 1 is 0.846 bits per heavy atom. The summed E-state index contributed by atoms with van der Waals surface area (Å²) in [7, 11) is 0. The molecule has 0 saturated heterocycles. The number of rotatable bonds is 4. The second-order valence-corrected chi connectivity index (χ2v) is 5.91. The second kappa shape index (κ2) is 8.55. The van der Waals surface area contributed by atoms with Gasteiger partial charge in [0.25, 0.3) is 0 Å². The van der Waals surface area contributed by atoms with Crippen LogP contribution in [0.1, 0.15) is 16.7 Å². The van der Waals surface area contributed by atoms with Crippen molar-refractivity contribution in [2.45, 2.75) is 6.92 Å². The Kier molecular flexibility index (Phi) is 5.69. The average molecular weight is 340 g/mol. The number of carbonyl (C=O) groups is 1. The molecule has 3 rings (SSSR count). The van der Waals surface area contributed by atoms with Crippen LogP contribution in [0.4, 0.5) is 11.4 Å². The summed E-state index contributed by atoms with van der Waals surface area (Å²) < 4.78 is 0. The van der Waals surface area contributed by atoms with Crippen LogP contribution in [0.25, 0.3) is 0 Å². The number of carbonyl (C=O) groups excluding carboxylic acids is 1. The second-order valence-electron chi connectivity index (χ2n) is 5.91. The van der Waals surface area contributed by atoms with Crippen molar-refractivity contribution in [3.8, 4) is 11.8 Å². The van der Waals surface area contributed by atoms with Gasteiger partial charge >= 0.3 is 0 Å². The number of hydrogen-bond donors (Lipinski definition) is 2. The van der Waals surface area contributed by atoms with E-state index >= 15 is 0 Å². The van der Waals surface area contributed by atoms with Crippen molar-refractivity contribution in [1.82, 2.24) is 0 Å². The minimum Gasteiger partial charge on any atom is -0.376 e. The molecule has 3 nitrogen and oxygen atoms in total. The molecule has 0 unspecified atom stereocenters. The Balaban J connectivity index is 1.60. The standard InChI is InChI=1S/C23H20N2O/c1-18-8-5-6-13-22(18)25-23(26)17-24-21-12-7-11-20(16-21)15-14-19-9-3-2-4-10-19/h2-13,16,24H,17H2,1H3,(H,25,26). The molecule has 3 aromatic rings. The Hall–Kier alpha value is -3.51. The van der Waals surface area contributed by atoms with E-state index in [-0.39, 0.29) is 12.5 Å². The van der Waals surface area contributed by atoms with Gasteiger partial charge in [0.2, 0.25) is 5.91 Å². The zero-order valence-electron chi connectivity index (χ0n) is 14.6. The molecular formula is C23H20N2O. The molecule has 1 amide bonds. The van der Waals surface area contributed by atoms with Gasteiger partial charge in [0.05, 0.1) is 6.54 Å². The highest BCUT2D eigenvalue weighted by Crippen LogP contribution is 2.13. The molecule has 0 aliphatic rings. The topological polar surface area (TPSA) is 41.1 Å². The number of benzene rings is 3. The molecule has 3 heteroatoms. The van der Waals surface area contributed by atoms with Gasteiger partial charge in [-0.2, -0.15) is 0 Å². The number of anilines is 2. The summed E-state index contributed by atoms with van der Waals surface area (Å²) >= 11 is 0. The Morgan fingerprint density at radius 3 is 2.35 bits per heavy atom. The molecule has 0 radical (unpaired) electrons. The van der Waals surface area contributed by atoms with Gasteiger partial charge < -0.3 is 10.6 Å². The van der Waals surface area contributed by atoms with Gasteiger partial charge in [0.1, 0.15) is 0 Å². The lowest BCUT2D eigenvalue weighted by atomic mass is 10.1. The van der Waals surface area contributed by atoms with Crippen LogP contribution in [0.3, 0.4) is 0 Å². The maximum Gasteiger partial charge on any atom is 0.243 e. The quantitative estimate of drug-likeness (QED) is 0.689. The van der Waals surface area contributed by atoms with E-state index in [2.05, 4.69) is 22.5 Å². The molecule has 128 valence electrons. The van der Waals surface area contributed by atoms with Crippen LogP contribution in [0.5, 0.6) is 0 Å². The van der Waals surface area contributed by atoms with Crippen LogP contribution in [0.15, 0.2) is 78.9 Å². The van der Waals surface area contributed by atoms with Gasteiger partial charge in [0, 0.05) is 22.5 Å². The lowest BCUT2D eigenvalue weighted by Gasteiger charge is -2.10. The molecule has 0 spiro atoms. The van der Waals surface area contributed by atoms with Crippen LogP contribution >= 0.6 is 0 Å². The van der Waals surface area contributed by atoms with Crippen molar-refractivity contribution in [2.24, 2.45) is 0 Å². The molecule has 0 saturated carbocycles. The smallest absolute Gasteiger partial charge is 0.243 e. The first kappa shape index (κ1) is 17.3. The molecule has 0 aliphatic carbocycles. The van der Waals surface area contributed by atoms with E-state index in [4.69, 9.17) is 0 Å². The summed E-state index contributed by atoms with van der Waals surface area (Å²) in [5.41, 5.74) is 4.62. The third-order valence-corrected chi connectivity index (χ3v) is 3.86. The maximum atomic E-state index is 12.1. The van der Waals surface area contributed by atoms with Gasteiger partial charge in [-0.3, -0.25) is 4.79 Å². The zero-order chi connectivity index (χ0) is 18.2. The first-order chi connectivity index (χ1) is 12.7. The number of para-hydroxylation sites is 1. The van der Waals surface area contributed by atoms with Crippen LogP contribution in [-0.2, 0) is 4.79 Å². The SMILES string of the molecule is Cc1ccccc1NC(=O)CNc1cccc(C#Cc2ccccc2)c1. The van der Waals surface area contributed by atoms with Crippen molar-refractivity contribution >= 4 is 17.3 Å². The molecular weight excluding hydrogens is 320 g/mol. The first-order valence-electron chi connectivity index (χ1n) is 8.47. The summed E-state index contributed by atoms with van der Waals surface area (Å²) in [6.07, 6.45) is 0. The van der Waals surface area contributed by atoms with Gasteiger partial charge in [0.15, 0.2) is 0 Å². The molecule has 0 aromatic heterocycles. The third-order valence-electron chi connectivity index (χ3n) is 3.86. The summed E-state index contributed by atoms with van der Waals surface area (Å²) in [6.45, 7) is 2.17. The van der Waals surface area contributed by atoms with E-state index in [0.29, 0.717) is 0 Å². The third kappa shape index (κ3) is 4.99. The molecule has 0 aliphatic heterocycles. The van der Waals surface area contributed by atoms with Crippen molar-refractivity contribution < 1.29 is 4.79 Å². The molecule has 0 heterocycles. The minimum absolute atomic E-state index is 0.0833. The summed E-state index contributed by atoms with van der Waals surface area (Å²) in [4.78, 5) is 12.1. The molecule has 26 heavy (non-hydrogen) atoms. The predicted octanol–water partition coefficient (Wildman–Crippen LogP) is 4.45. The van der Waals surface area contributed by atoms with Crippen molar-refractivity contribution in [3.63, 3.8) is 0 Å². The fourth-order valence-corrected chi connectivity index (χ4v) is 2.46. The van der Waals surface area contributed by atoms with Crippen LogP contribution in [-0.4, -0.2) is 12.5 Å². The number of amides is 1. The summed E-state index contributed by atoms with van der Waals surface area (Å²) in [5, 5.41) is 6.06. The van der Waals surface area contributed by atoms with Crippen molar-refractivity contribution in [2.75, 3.05) is 17.2 Å². The van der Waals surface area contributed by atoms with E-state index in [1.165, 1.54) is 0 Å².